The normalized spacial score (nSPS) is 18.4. The smallest absolute Gasteiger partial charge is 0.173 e. The molecule has 29 heavy (non-hydrogen) atoms. The Morgan fingerprint density at radius 1 is 1.14 bits per heavy atom. The molecule has 0 saturated carbocycles. The zero-order chi connectivity index (χ0) is 20.7. The molecule has 0 radical (unpaired) electrons. The fraction of sp³-hybridized carbons (Fsp3) is 0.182. The van der Waals surface area contributed by atoms with Gasteiger partial charge in [0.15, 0.2) is 11.0 Å². The van der Waals surface area contributed by atoms with E-state index in [1.54, 1.807) is 14.0 Å². The van der Waals surface area contributed by atoms with Gasteiger partial charge >= 0.3 is 0 Å². The number of thioether (sulfide) groups is 1. The van der Waals surface area contributed by atoms with Gasteiger partial charge in [-0.05, 0) is 55.4 Å². The Morgan fingerprint density at radius 2 is 1.79 bits per heavy atom. The molecule has 0 bridgehead atoms. The second kappa shape index (κ2) is 7.90. The number of hydrogen-bond acceptors (Lipinski definition) is 5. The van der Waals surface area contributed by atoms with E-state index in [1.807, 2.05) is 60.5 Å². The number of carbonyl (C=O) groups excluding carboxylic acids is 1. The molecular weight excluding hydrogens is 427 g/mol. The maximum atomic E-state index is 12.5. The molecule has 1 unspecified atom stereocenters. The van der Waals surface area contributed by atoms with Gasteiger partial charge in [-0.15, -0.1) is 0 Å². The highest BCUT2D eigenvalue weighted by Gasteiger charge is 2.38. The molecule has 2 aliphatic rings. The van der Waals surface area contributed by atoms with Crippen LogP contribution < -0.4 is 4.74 Å². The number of fused-ring (bicyclic) bond motifs is 1. The Hall–Kier alpha value is -2.21. The molecule has 0 spiro atoms. The Bertz CT molecular complexity index is 1070. The number of benzene rings is 2. The van der Waals surface area contributed by atoms with E-state index in [0.717, 1.165) is 32.6 Å². The van der Waals surface area contributed by atoms with Crippen molar-refractivity contribution in [1.82, 2.24) is 4.90 Å². The predicted octanol–water partition coefficient (Wildman–Crippen LogP) is 6.32. The van der Waals surface area contributed by atoms with E-state index in [9.17, 15) is 4.79 Å². The summed E-state index contributed by atoms with van der Waals surface area (Å²) in [5.74, 6) is 0.757. The maximum absolute atomic E-state index is 12.5. The second-order valence-corrected chi connectivity index (χ2v) is 8.55. The first-order valence-corrected chi connectivity index (χ1v) is 10.5. The number of halogens is 2. The first kappa shape index (κ1) is 20.1. The van der Waals surface area contributed by atoms with Crippen molar-refractivity contribution in [1.29, 1.82) is 0 Å². The van der Waals surface area contributed by atoms with Crippen LogP contribution in [-0.4, -0.2) is 23.0 Å². The SMILES string of the molecule is COc1ccc(C2C(C(C)=O)=C(C)N=C3SC(c4c(Cl)cccc4Cl)=CN32)cc1. The summed E-state index contributed by atoms with van der Waals surface area (Å²) in [5.41, 5.74) is 3.14. The number of amidine groups is 1. The van der Waals surface area contributed by atoms with Crippen molar-refractivity contribution in [3.8, 4) is 5.75 Å². The third-order valence-corrected chi connectivity index (χ3v) is 6.55. The summed E-state index contributed by atoms with van der Waals surface area (Å²) in [5, 5.41) is 1.95. The number of allylic oxidation sites excluding steroid dienone is 1. The zero-order valence-corrected chi connectivity index (χ0v) is 18.4. The van der Waals surface area contributed by atoms with Crippen LogP contribution in [0.1, 0.15) is 31.0 Å². The molecular formula is C22H18Cl2N2O2S. The van der Waals surface area contributed by atoms with Crippen molar-refractivity contribution in [3.63, 3.8) is 0 Å². The quantitative estimate of drug-likeness (QED) is 0.552. The van der Waals surface area contributed by atoms with Gasteiger partial charge in [0.2, 0.25) is 0 Å². The van der Waals surface area contributed by atoms with Gasteiger partial charge in [0.1, 0.15) is 5.75 Å². The average molecular weight is 445 g/mol. The topological polar surface area (TPSA) is 41.9 Å². The Labute approximate surface area is 183 Å². The van der Waals surface area contributed by atoms with Gasteiger partial charge in [0.05, 0.1) is 23.2 Å². The van der Waals surface area contributed by atoms with E-state index < -0.39 is 0 Å². The highest BCUT2D eigenvalue weighted by molar-refractivity contribution is 8.22. The molecule has 2 aliphatic heterocycles. The molecule has 2 aromatic rings. The summed E-state index contributed by atoms with van der Waals surface area (Å²) < 4.78 is 5.28. The van der Waals surface area contributed by atoms with Crippen LogP contribution in [0.25, 0.3) is 4.91 Å². The summed E-state index contributed by atoms with van der Waals surface area (Å²) >= 11 is 14.3. The van der Waals surface area contributed by atoms with E-state index in [4.69, 9.17) is 32.9 Å². The lowest BCUT2D eigenvalue weighted by Gasteiger charge is -2.33. The first-order chi connectivity index (χ1) is 13.9. The van der Waals surface area contributed by atoms with Crippen LogP contribution in [0.3, 0.4) is 0 Å². The van der Waals surface area contributed by atoms with Crippen LogP contribution in [0.5, 0.6) is 5.75 Å². The fourth-order valence-corrected chi connectivity index (χ4v) is 5.42. The van der Waals surface area contributed by atoms with Crippen molar-refractivity contribution < 1.29 is 9.53 Å². The monoisotopic (exact) mass is 444 g/mol. The molecule has 0 amide bonds. The van der Waals surface area contributed by atoms with E-state index in [0.29, 0.717) is 15.6 Å². The molecule has 148 valence electrons. The Kier molecular flexibility index (Phi) is 5.47. The summed E-state index contributed by atoms with van der Waals surface area (Å²) in [6, 6.07) is 12.9. The number of carbonyl (C=O) groups is 1. The summed E-state index contributed by atoms with van der Waals surface area (Å²) in [6.45, 7) is 3.45. The number of methoxy groups -OCH3 is 1. The third-order valence-electron chi connectivity index (χ3n) is 4.90. The minimum absolute atomic E-state index is 0.00579. The van der Waals surface area contributed by atoms with Crippen molar-refractivity contribution in [3.05, 3.63) is 81.1 Å². The predicted molar refractivity (Wildman–Crippen MR) is 120 cm³/mol. The van der Waals surface area contributed by atoms with Gasteiger partial charge in [-0.3, -0.25) is 4.79 Å². The second-order valence-electron chi connectivity index (χ2n) is 6.72. The molecule has 7 heteroatoms. The van der Waals surface area contributed by atoms with Gasteiger partial charge < -0.3 is 9.64 Å². The van der Waals surface area contributed by atoms with Crippen LogP contribution in [0, 0.1) is 0 Å². The number of Topliss-reactive ketones (excluding diaryl/α,β-unsaturated/α-hetero) is 1. The first-order valence-electron chi connectivity index (χ1n) is 8.97. The van der Waals surface area contributed by atoms with Gasteiger partial charge in [0, 0.05) is 27.9 Å². The molecule has 0 N–H and O–H groups in total. The van der Waals surface area contributed by atoms with Crippen LogP contribution in [0.15, 0.2) is 64.9 Å². The lowest BCUT2D eigenvalue weighted by atomic mass is 9.92. The molecule has 2 aromatic carbocycles. The highest BCUT2D eigenvalue weighted by atomic mass is 35.5. The maximum Gasteiger partial charge on any atom is 0.173 e. The van der Waals surface area contributed by atoms with Crippen molar-refractivity contribution >= 4 is 50.8 Å². The van der Waals surface area contributed by atoms with E-state index in [1.165, 1.54) is 11.8 Å². The fourth-order valence-electron chi connectivity index (χ4n) is 3.57. The van der Waals surface area contributed by atoms with E-state index in [2.05, 4.69) is 0 Å². The number of hydrogen-bond donors (Lipinski definition) is 0. The third kappa shape index (κ3) is 3.59. The van der Waals surface area contributed by atoms with E-state index >= 15 is 0 Å². The molecule has 0 aliphatic carbocycles. The van der Waals surface area contributed by atoms with Crippen molar-refractivity contribution in [2.75, 3.05) is 7.11 Å². The standard InChI is InChI=1S/C22H18Cl2N2O2S/c1-12-19(13(2)27)21(14-7-9-15(28-3)10-8-14)26-11-18(29-22(26)25-12)20-16(23)5-4-6-17(20)24/h4-11,21H,1-3H3. The number of aliphatic imine (C=N–C) groups is 1. The number of nitrogens with zero attached hydrogens (tertiary/aromatic N) is 2. The van der Waals surface area contributed by atoms with Gasteiger partial charge in [-0.2, -0.15) is 0 Å². The molecule has 4 nitrogen and oxygen atoms in total. The van der Waals surface area contributed by atoms with Gasteiger partial charge in [-0.1, -0.05) is 41.4 Å². The van der Waals surface area contributed by atoms with Crippen molar-refractivity contribution in [2.24, 2.45) is 4.99 Å². The Balaban J connectivity index is 1.84. The lowest BCUT2D eigenvalue weighted by Crippen LogP contribution is -2.32. The Morgan fingerprint density at radius 3 is 2.38 bits per heavy atom. The van der Waals surface area contributed by atoms with Crippen LogP contribution >= 0.6 is 35.0 Å². The molecule has 2 heterocycles. The summed E-state index contributed by atoms with van der Waals surface area (Å²) in [7, 11) is 1.63. The number of ether oxygens (including phenoxy) is 1. The average Bonchev–Trinajstić information content (AvgIpc) is 3.09. The number of ketones is 1. The lowest BCUT2D eigenvalue weighted by molar-refractivity contribution is -0.114. The van der Waals surface area contributed by atoms with Crippen LogP contribution in [-0.2, 0) is 4.79 Å². The molecule has 0 saturated heterocycles. The molecule has 0 fully saturated rings. The van der Waals surface area contributed by atoms with Crippen LogP contribution in [0.2, 0.25) is 10.0 Å². The van der Waals surface area contributed by atoms with E-state index in [-0.39, 0.29) is 11.8 Å². The molecule has 4 rings (SSSR count). The van der Waals surface area contributed by atoms with Crippen molar-refractivity contribution in [2.45, 2.75) is 19.9 Å². The summed E-state index contributed by atoms with van der Waals surface area (Å²) in [6.07, 6.45) is 1.97. The minimum atomic E-state index is -0.280. The van der Waals surface area contributed by atoms with Gasteiger partial charge in [0.25, 0.3) is 0 Å². The molecule has 0 aromatic heterocycles. The minimum Gasteiger partial charge on any atom is -0.497 e. The highest BCUT2D eigenvalue weighted by Crippen LogP contribution is 2.48. The van der Waals surface area contributed by atoms with Gasteiger partial charge in [-0.25, -0.2) is 4.99 Å². The number of rotatable bonds is 4. The van der Waals surface area contributed by atoms with Crippen LogP contribution in [0.4, 0.5) is 0 Å². The summed E-state index contributed by atoms with van der Waals surface area (Å²) in [4.78, 5) is 20.1. The zero-order valence-electron chi connectivity index (χ0n) is 16.1. The largest absolute Gasteiger partial charge is 0.497 e. The molecule has 1 atom stereocenters.